The second kappa shape index (κ2) is 6.95. The molecule has 0 aromatic carbocycles. The minimum absolute atomic E-state index is 0.426. The summed E-state index contributed by atoms with van der Waals surface area (Å²) in [4.78, 5) is 6.76. The first-order valence-corrected chi connectivity index (χ1v) is 6.88. The van der Waals surface area contributed by atoms with Gasteiger partial charge in [-0.1, -0.05) is 25.4 Å². The Morgan fingerprint density at radius 3 is 2.50 bits per heavy atom. The van der Waals surface area contributed by atoms with Gasteiger partial charge in [0, 0.05) is 19.6 Å². The number of aromatic nitrogens is 1. The van der Waals surface area contributed by atoms with Gasteiger partial charge in [0.2, 0.25) is 0 Å². The zero-order valence-corrected chi connectivity index (χ0v) is 12.8. The Morgan fingerprint density at radius 2 is 1.94 bits per heavy atom. The van der Waals surface area contributed by atoms with Crippen molar-refractivity contribution in [1.29, 1.82) is 0 Å². The molecule has 0 fully saturated rings. The summed E-state index contributed by atoms with van der Waals surface area (Å²) < 4.78 is 0. The van der Waals surface area contributed by atoms with Crippen molar-refractivity contribution in [3.63, 3.8) is 0 Å². The first kappa shape index (κ1) is 15.3. The molecule has 0 spiro atoms. The van der Waals surface area contributed by atoms with Crippen LogP contribution in [-0.4, -0.2) is 24.6 Å². The van der Waals surface area contributed by atoms with E-state index in [0.717, 1.165) is 29.6 Å². The minimum Gasteiger partial charge on any atom is -0.357 e. The molecule has 0 bridgehead atoms. The van der Waals surface area contributed by atoms with Gasteiger partial charge in [-0.05, 0) is 38.4 Å². The van der Waals surface area contributed by atoms with E-state index in [1.54, 1.807) is 0 Å². The Bertz CT molecular complexity index is 377. The smallest absolute Gasteiger partial charge is 0.128 e. The van der Waals surface area contributed by atoms with Gasteiger partial charge in [-0.25, -0.2) is 4.98 Å². The van der Waals surface area contributed by atoms with E-state index < -0.39 is 0 Å². The van der Waals surface area contributed by atoms with Crippen molar-refractivity contribution < 1.29 is 0 Å². The molecular formula is C14H24ClN3. The summed E-state index contributed by atoms with van der Waals surface area (Å²) in [5.74, 6) is 1.60. The molecule has 1 heterocycles. The lowest BCUT2D eigenvalue weighted by molar-refractivity contribution is 0.548. The second-order valence-corrected chi connectivity index (χ2v) is 5.73. The number of hydrogen-bond acceptors (Lipinski definition) is 3. The maximum atomic E-state index is 6.17. The van der Waals surface area contributed by atoms with E-state index in [0.29, 0.717) is 12.0 Å². The molecule has 0 aliphatic carbocycles. The number of nitrogens with zero attached hydrogens (tertiary/aromatic N) is 2. The third-order valence-electron chi connectivity index (χ3n) is 2.88. The average Bonchev–Trinajstić information content (AvgIpc) is 2.30. The molecule has 102 valence electrons. The molecule has 1 N–H and O–H groups in total. The fourth-order valence-electron chi connectivity index (χ4n) is 1.54. The van der Waals surface area contributed by atoms with Crippen LogP contribution in [0.1, 0.15) is 33.4 Å². The Hall–Kier alpha value is -0.800. The van der Waals surface area contributed by atoms with E-state index in [4.69, 9.17) is 11.6 Å². The zero-order valence-electron chi connectivity index (χ0n) is 12.0. The van der Waals surface area contributed by atoms with E-state index >= 15 is 0 Å². The van der Waals surface area contributed by atoms with Gasteiger partial charge in [-0.15, -0.1) is 0 Å². The summed E-state index contributed by atoms with van der Waals surface area (Å²) >= 11 is 6.17. The highest BCUT2D eigenvalue weighted by Gasteiger charge is 2.09. The molecule has 0 unspecified atom stereocenters. The third kappa shape index (κ3) is 4.46. The molecule has 0 radical (unpaired) electrons. The van der Waals surface area contributed by atoms with Gasteiger partial charge in [-0.2, -0.15) is 0 Å². The molecule has 3 nitrogen and oxygen atoms in total. The monoisotopic (exact) mass is 269 g/mol. The predicted molar refractivity (Wildman–Crippen MR) is 79.3 cm³/mol. The lowest BCUT2D eigenvalue weighted by Crippen LogP contribution is -2.27. The molecule has 4 heteroatoms. The van der Waals surface area contributed by atoms with Gasteiger partial charge in [0.15, 0.2) is 0 Å². The molecule has 0 atom stereocenters. The highest BCUT2D eigenvalue weighted by Crippen LogP contribution is 2.19. The van der Waals surface area contributed by atoms with Crippen LogP contribution in [0, 0.1) is 5.92 Å². The van der Waals surface area contributed by atoms with E-state index in [-0.39, 0.29) is 0 Å². The van der Waals surface area contributed by atoms with Gasteiger partial charge < -0.3 is 10.2 Å². The average molecular weight is 270 g/mol. The molecule has 18 heavy (non-hydrogen) atoms. The quantitative estimate of drug-likeness (QED) is 0.859. The lowest BCUT2D eigenvalue weighted by atomic mass is 10.2. The molecule has 1 rings (SSSR count). The van der Waals surface area contributed by atoms with E-state index in [2.05, 4.69) is 42.9 Å². The molecule has 1 aromatic heterocycles. The summed E-state index contributed by atoms with van der Waals surface area (Å²) in [5, 5.41) is 4.10. The summed E-state index contributed by atoms with van der Waals surface area (Å²) in [6.45, 7) is 10.4. The van der Waals surface area contributed by atoms with Crippen LogP contribution in [0.2, 0.25) is 5.02 Å². The Balaban J connectivity index is 2.75. The Morgan fingerprint density at radius 1 is 1.28 bits per heavy atom. The number of anilines is 1. The maximum absolute atomic E-state index is 6.17. The minimum atomic E-state index is 0.426. The number of pyridine rings is 1. The van der Waals surface area contributed by atoms with Gasteiger partial charge in [0.05, 0.1) is 10.7 Å². The predicted octanol–water partition coefficient (Wildman–Crippen LogP) is 3.33. The first-order valence-electron chi connectivity index (χ1n) is 6.50. The molecular weight excluding hydrogens is 246 g/mol. The maximum Gasteiger partial charge on any atom is 0.128 e. The molecule has 0 saturated heterocycles. The van der Waals surface area contributed by atoms with Crippen molar-refractivity contribution in [3.05, 3.63) is 22.8 Å². The van der Waals surface area contributed by atoms with Crippen LogP contribution in [0.4, 0.5) is 5.82 Å². The fraction of sp³-hybridized carbons (Fsp3) is 0.643. The van der Waals surface area contributed by atoms with E-state index in [9.17, 15) is 0 Å². The topological polar surface area (TPSA) is 28.2 Å². The lowest BCUT2D eigenvalue weighted by Gasteiger charge is -2.23. The third-order valence-corrected chi connectivity index (χ3v) is 3.23. The summed E-state index contributed by atoms with van der Waals surface area (Å²) in [5.41, 5.74) is 0.919. The van der Waals surface area contributed by atoms with Gasteiger partial charge >= 0.3 is 0 Å². The van der Waals surface area contributed by atoms with Crippen molar-refractivity contribution in [1.82, 2.24) is 10.3 Å². The number of nitrogens with one attached hydrogen (secondary N) is 1. The van der Waals surface area contributed by atoms with Crippen molar-refractivity contribution in [2.45, 2.75) is 40.3 Å². The van der Waals surface area contributed by atoms with Crippen LogP contribution in [0.15, 0.2) is 12.1 Å². The van der Waals surface area contributed by atoms with Crippen molar-refractivity contribution in [2.75, 3.05) is 18.5 Å². The SMILES string of the molecule is CC(C)CNCc1nc(N(C)C(C)C)ccc1Cl. The largest absolute Gasteiger partial charge is 0.357 e. The van der Waals surface area contributed by atoms with Crippen LogP contribution in [0.25, 0.3) is 0 Å². The molecule has 0 aliphatic heterocycles. The second-order valence-electron chi connectivity index (χ2n) is 5.33. The summed E-state index contributed by atoms with van der Waals surface area (Å²) in [6.07, 6.45) is 0. The van der Waals surface area contributed by atoms with Crippen LogP contribution in [0.3, 0.4) is 0 Å². The Kier molecular flexibility index (Phi) is 5.89. The molecule has 0 aliphatic rings. The Labute approximate surface area is 116 Å². The number of hydrogen-bond donors (Lipinski definition) is 1. The van der Waals surface area contributed by atoms with E-state index in [1.807, 2.05) is 19.2 Å². The van der Waals surface area contributed by atoms with Crippen LogP contribution < -0.4 is 10.2 Å². The van der Waals surface area contributed by atoms with Crippen molar-refractivity contribution in [2.24, 2.45) is 5.92 Å². The molecule has 0 saturated carbocycles. The van der Waals surface area contributed by atoms with Crippen molar-refractivity contribution in [3.8, 4) is 0 Å². The first-order chi connectivity index (χ1) is 8.41. The number of rotatable bonds is 6. The zero-order chi connectivity index (χ0) is 13.7. The fourth-order valence-corrected chi connectivity index (χ4v) is 1.71. The van der Waals surface area contributed by atoms with Gasteiger partial charge in [0.25, 0.3) is 0 Å². The highest BCUT2D eigenvalue weighted by molar-refractivity contribution is 6.31. The highest BCUT2D eigenvalue weighted by atomic mass is 35.5. The summed E-state index contributed by atoms with van der Waals surface area (Å²) in [7, 11) is 2.05. The normalized spacial score (nSPS) is 11.3. The molecule has 0 amide bonds. The van der Waals surface area contributed by atoms with Gasteiger partial charge in [-0.3, -0.25) is 0 Å². The number of halogens is 1. The van der Waals surface area contributed by atoms with Crippen LogP contribution in [-0.2, 0) is 6.54 Å². The molecule has 1 aromatic rings. The standard InChI is InChI=1S/C14H24ClN3/c1-10(2)8-16-9-13-12(15)6-7-14(17-13)18(5)11(3)4/h6-7,10-11,16H,8-9H2,1-5H3. The summed E-state index contributed by atoms with van der Waals surface area (Å²) in [6, 6.07) is 4.32. The van der Waals surface area contributed by atoms with Gasteiger partial charge in [0.1, 0.15) is 5.82 Å². The van der Waals surface area contributed by atoms with Crippen LogP contribution >= 0.6 is 11.6 Å². The van der Waals surface area contributed by atoms with Crippen LogP contribution in [0.5, 0.6) is 0 Å². The van der Waals surface area contributed by atoms with E-state index in [1.165, 1.54) is 0 Å². The van der Waals surface area contributed by atoms with Crippen molar-refractivity contribution >= 4 is 17.4 Å².